The Morgan fingerprint density at radius 3 is 2.74 bits per heavy atom. The van der Waals surface area contributed by atoms with E-state index in [0.29, 0.717) is 24.3 Å². The minimum atomic E-state index is 0.217. The molecule has 4 N–H and O–H groups in total. The van der Waals surface area contributed by atoms with Crippen LogP contribution in [0.15, 0.2) is 4.99 Å². The highest BCUT2D eigenvalue weighted by atomic mass is 16.5. The number of hydrogen-bond donors (Lipinski definition) is 3. The van der Waals surface area contributed by atoms with Crippen LogP contribution >= 0.6 is 0 Å². The Labute approximate surface area is 117 Å². The Morgan fingerprint density at radius 2 is 2.16 bits per heavy atom. The van der Waals surface area contributed by atoms with E-state index in [1.54, 1.807) is 0 Å². The first-order valence-corrected chi connectivity index (χ1v) is 7.32. The van der Waals surface area contributed by atoms with Gasteiger partial charge in [0.25, 0.3) is 0 Å². The Balaban J connectivity index is 3.84. The summed E-state index contributed by atoms with van der Waals surface area (Å²) in [5, 5.41) is 12.1. The van der Waals surface area contributed by atoms with Crippen molar-refractivity contribution in [2.24, 2.45) is 22.6 Å². The normalized spacial score (nSPS) is 13.8. The molecule has 0 aliphatic rings. The quantitative estimate of drug-likeness (QED) is 0.302. The molecular formula is C14H31N3O2. The van der Waals surface area contributed by atoms with Crippen LogP contribution in [-0.2, 0) is 4.74 Å². The molecule has 0 saturated heterocycles. The topological polar surface area (TPSA) is 79.9 Å². The number of guanidine groups is 1. The summed E-state index contributed by atoms with van der Waals surface area (Å²) >= 11 is 0. The van der Waals surface area contributed by atoms with Crippen LogP contribution in [0.5, 0.6) is 0 Å². The lowest BCUT2D eigenvalue weighted by Crippen LogP contribution is -2.33. The van der Waals surface area contributed by atoms with Crippen LogP contribution in [0.2, 0.25) is 0 Å². The fourth-order valence-corrected chi connectivity index (χ4v) is 1.95. The van der Waals surface area contributed by atoms with Gasteiger partial charge in [0.1, 0.15) is 0 Å². The molecule has 0 rings (SSSR count). The molecule has 0 heterocycles. The third kappa shape index (κ3) is 12.0. The second-order valence-corrected chi connectivity index (χ2v) is 5.21. The van der Waals surface area contributed by atoms with Crippen molar-refractivity contribution >= 4 is 5.96 Å². The monoisotopic (exact) mass is 273 g/mol. The molecule has 5 heteroatoms. The third-order valence-corrected chi connectivity index (χ3v) is 2.84. The van der Waals surface area contributed by atoms with Gasteiger partial charge >= 0.3 is 0 Å². The average molecular weight is 273 g/mol. The number of rotatable bonds is 11. The van der Waals surface area contributed by atoms with Gasteiger partial charge < -0.3 is 20.9 Å². The zero-order valence-corrected chi connectivity index (χ0v) is 12.7. The number of aliphatic hydroxyl groups excluding tert-OH is 1. The van der Waals surface area contributed by atoms with Gasteiger partial charge in [-0.2, -0.15) is 0 Å². The summed E-state index contributed by atoms with van der Waals surface area (Å²) < 4.78 is 5.24. The van der Waals surface area contributed by atoms with E-state index in [1.807, 2.05) is 6.92 Å². The van der Waals surface area contributed by atoms with Crippen molar-refractivity contribution in [2.75, 3.05) is 32.9 Å². The largest absolute Gasteiger partial charge is 0.396 e. The standard InChI is InChI=1S/C14H31N3O2/c1-4-19-9-5-7-16-14(15)17-11-13(6-8-18)10-12(2)3/h12-13,18H,4-11H2,1-3H3,(H3,15,16,17). The van der Waals surface area contributed by atoms with E-state index in [9.17, 15) is 0 Å². The molecular weight excluding hydrogens is 242 g/mol. The fraction of sp³-hybridized carbons (Fsp3) is 0.929. The first kappa shape index (κ1) is 18.2. The lowest BCUT2D eigenvalue weighted by atomic mass is 9.94. The van der Waals surface area contributed by atoms with Gasteiger partial charge in [0.15, 0.2) is 5.96 Å². The van der Waals surface area contributed by atoms with Crippen molar-refractivity contribution in [1.82, 2.24) is 5.32 Å². The highest BCUT2D eigenvalue weighted by Crippen LogP contribution is 2.15. The number of hydrogen-bond acceptors (Lipinski definition) is 3. The van der Waals surface area contributed by atoms with E-state index >= 15 is 0 Å². The molecule has 0 aliphatic carbocycles. The maximum Gasteiger partial charge on any atom is 0.188 e. The molecule has 0 radical (unpaired) electrons. The maximum atomic E-state index is 9.03. The average Bonchev–Trinajstić information content (AvgIpc) is 2.35. The maximum absolute atomic E-state index is 9.03. The van der Waals surface area contributed by atoms with Gasteiger partial charge in [-0.25, -0.2) is 0 Å². The summed E-state index contributed by atoms with van der Waals surface area (Å²) in [5.41, 5.74) is 5.80. The summed E-state index contributed by atoms with van der Waals surface area (Å²) in [7, 11) is 0. The molecule has 0 aromatic heterocycles. The Bertz CT molecular complexity index is 233. The zero-order valence-electron chi connectivity index (χ0n) is 12.7. The first-order valence-electron chi connectivity index (χ1n) is 7.32. The minimum Gasteiger partial charge on any atom is -0.396 e. The highest BCUT2D eigenvalue weighted by molar-refractivity contribution is 5.77. The smallest absolute Gasteiger partial charge is 0.188 e. The summed E-state index contributed by atoms with van der Waals surface area (Å²) in [4.78, 5) is 4.35. The van der Waals surface area contributed by atoms with Crippen molar-refractivity contribution < 1.29 is 9.84 Å². The summed E-state index contributed by atoms with van der Waals surface area (Å²) in [6.07, 6.45) is 2.79. The fourth-order valence-electron chi connectivity index (χ4n) is 1.95. The Kier molecular flexibility index (Phi) is 11.7. The number of nitrogens with zero attached hydrogens (tertiary/aromatic N) is 1. The molecule has 1 atom stereocenters. The van der Waals surface area contributed by atoms with Crippen LogP contribution in [0.4, 0.5) is 0 Å². The Morgan fingerprint density at radius 1 is 1.42 bits per heavy atom. The molecule has 0 saturated carbocycles. The lowest BCUT2D eigenvalue weighted by molar-refractivity contribution is 0.145. The van der Waals surface area contributed by atoms with Gasteiger partial charge in [0, 0.05) is 32.9 Å². The molecule has 0 aromatic rings. The van der Waals surface area contributed by atoms with Gasteiger partial charge in [0.05, 0.1) is 0 Å². The molecule has 0 spiro atoms. The van der Waals surface area contributed by atoms with Gasteiger partial charge in [-0.1, -0.05) is 13.8 Å². The number of aliphatic hydroxyl groups is 1. The minimum absolute atomic E-state index is 0.217. The van der Waals surface area contributed by atoms with Crippen molar-refractivity contribution in [1.29, 1.82) is 0 Å². The second-order valence-electron chi connectivity index (χ2n) is 5.21. The van der Waals surface area contributed by atoms with E-state index in [4.69, 9.17) is 15.6 Å². The van der Waals surface area contributed by atoms with E-state index in [-0.39, 0.29) is 6.61 Å². The summed E-state index contributed by atoms with van der Waals surface area (Å²) in [5.74, 6) is 1.52. The van der Waals surface area contributed by atoms with E-state index in [2.05, 4.69) is 24.2 Å². The molecule has 0 fully saturated rings. The SMILES string of the molecule is CCOCCCNC(N)=NCC(CCO)CC(C)C. The molecule has 0 bridgehead atoms. The van der Waals surface area contributed by atoms with Crippen LogP contribution in [0.3, 0.4) is 0 Å². The molecule has 1 unspecified atom stereocenters. The van der Waals surface area contributed by atoms with Crippen LogP contribution < -0.4 is 11.1 Å². The molecule has 0 aliphatic heterocycles. The van der Waals surface area contributed by atoms with Crippen molar-refractivity contribution in [3.05, 3.63) is 0 Å². The van der Waals surface area contributed by atoms with E-state index < -0.39 is 0 Å². The first-order chi connectivity index (χ1) is 9.10. The van der Waals surface area contributed by atoms with Gasteiger partial charge in [-0.15, -0.1) is 0 Å². The highest BCUT2D eigenvalue weighted by Gasteiger charge is 2.10. The van der Waals surface area contributed by atoms with Gasteiger partial charge in [-0.3, -0.25) is 4.99 Å². The van der Waals surface area contributed by atoms with Gasteiger partial charge in [-0.05, 0) is 38.0 Å². The predicted octanol–water partition coefficient (Wildman–Crippen LogP) is 1.36. The van der Waals surface area contributed by atoms with Crippen molar-refractivity contribution in [2.45, 2.75) is 40.0 Å². The Hall–Kier alpha value is -0.810. The van der Waals surface area contributed by atoms with E-state index in [1.165, 1.54) is 0 Å². The van der Waals surface area contributed by atoms with Crippen LogP contribution in [0.1, 0.15) is 40.0 Å². The number of nitrogens with one attached hydrogen (secondary N) is 1. The summed E-state index contributed by atoms with van der Waals surface area (Å²) in [6, 6.07) is 0. The molecule has 0 amide bonds. The molecule has 114 valence electrons. The molecule has 5 nitrogen and oxygen atoms in total. The lowest BCUT2D eigenvalue weighted by Gasteiger charge is -2.16. The molecule has 0 aromatic carbocycles. The number of ether oxygens (including phenoxy) is 1. The second kappa shape index (κ2) is 12.2. The van der Waals surface area contributed by atoms with Gasteiger partial charge in [0.2, 0.25) is 0 Å². The van der Waals surface area contributed by atoms with E-state index in [0.717, 1.165) is 39.0 Å². The zero-order chi connectivity index (χ0) is 14.5. The van der Waals surface area contributed by atoms with Crippen molar-refractivity contribution in [3.63, 3.8) is 0 Å². The van der Waals surface area contributed by atoms with Crippen LogP contribution in [0.25, 0.3) is 0 Å². The third-order valence-electron chi connectivity index (χ3n) is 2.84. The van der Waals surface area contributed by atoms with Crippen molar-refractivity contribution in [3.8, 4) is 0 Å². The summed E-state index contributed by atoms with van der Waals surface area (Å²) in [6.45, 7) is 9.53. The number of nitrogens with two attached hydrogens (primary N) is 1. The number of aliphatic imine (C=N–C) groups is 1. The van der Waals surface area contributed by atoms with Crippen LogP contribution in [-0.4, -0.2) is 44.0 Å². The predicted molar refractivity (Wildman–Crippen MR) is 80.2 cm³/mol. The van der Waals surface area contributed by atoms with Crippen LogP contribution in [0, 0.1) is 11.8 Å². The molecule has 19 heavy (non-hydrogen) atoms.